The van der Waals surface area contributed by atoms with Crippen LogP contribution in [-0.2, 0) is 0 Å². The van der Waals surface area contributed by atoms with Gasteiger partial charge in [0.05, 0.1) is 0 Å². The number of halogens is 1. The first-order valence-electron chi connectivity index (χ1n) is 3.99. The van der Waals surface area contributed by atoms with Gasteiger partial charge in [0.1, 0.15) is 6.33 Å². The van der Waals surface area contributed by atoms with E-state index in [1.165, 1.54) is 6.33 Å². The summed E-state index contributed by atoms with van der Waals surface area (Å²) in [5, 5.41) is 6.34. The van der Waals surface area contributed by atoms with Crippen molar-refractivity contribution in [3.63, 3.8) is 0 Å². The van der Waals surface area contributed by atoms with Gasteiger partial charge in [0, 0.05) is 10.7 Å². The van der Waals surface area contributed by atoms with Gasteiger partial charge < -0.3 is 0 Å². The van der Waals surface area contributed by atoms with Gasteiger partial charge in [0.15, 0.2) is 0 Å². The molecule has 0 aliphatic heterocycles. The van der Waals surface area contributed by atoms with Gasteiger partial charge in [-0.2, -0.15) is 10.1 Å². The quantitative estimate of drug-likeness (QED) is 0.832. The molecule has 0 unspecified atom stereocenters. The number of hydrogen-bond donors (Lipinski definition) is 1. The van der Waals surface area contributed by atoms with Gasteiger partial charge in [-0.15, -0.1) is 0 Å². The van der Waals surface area contributed by atoms with Crippen LogP contribution in [0.4, 0.5) is 5.95 Å². The maximum atomic E-state index is 4.10. The number of aromatic amines is 1. The first kappa shape index (κ1) is 9.08. The Morgan fingerprint density at radius 2 is 2.07 bits per heavy atom. The van der Waals surface area contributed by atoms with E-state index in [1.807, 2.05) is 24.3 Å². The zero-order chi connectivity index (χ0) is 9.80. The summed E-state index contributed by atoms with van der Waals surface area (Å²) in [4.78, 5) is 7.97. The highest BCUT2D eigenvalue weighted by molar-refractivity contribution is 9.10. The molecule has 0 fully saturated rings. The molecule has 0 spiro atoms. The Balaban J connectivity index is 2.15. The Labute approximate surface area is 89.2 Å². The predicted octanol–water partition coefficient (Wildman–Crippen LogP) is 2.32. The number of aliphatic imine (C=N–C) groups is 1. The molecule has 1 N–H and O–H groups in total. The largest absolute Gasteiger partial charge is 0.245 e. The fraction of sp³-hybridized carbons (Fsp3) is 0. The van der Waals surface area contributed by atoms with Gasteiger partial charge in [-0.25, -0.2) is 10.1 Å². The van der Waals surface area contributed by atoms with E-state index < -0.39 is 0 Å². The van der Waals surface area contributed by atoms with Crippen LogP contribution in [-0.4, -0.2) is 21.4 Å². The summed E-state index contributed by atoms with van der Waals surface area (Å²) in [6, 6.07) is 7.84. The van der Waals surface area contributed by atoms with E-state index in [-0.39, 0.29) is 0 Å². The summed E-state index contributed by atoms with van der Waals surface area (Å²) in [6.07, 6.45) is 3.15. The van der Waals surface area contributed by atoms with E-state index in [2.05, 4.69) is 36.1 Å². The van der Waals surface area contributed by atoms with Crippen molar-refractivity contribution in [2.24, 2.45) is 4.99 Å². The fourth-order valence-corrected chi connectivity index (χ4v) is 1.21. The van der Waals surface area contributed by atoms with Crippen LogP contribution in [0.1, 0.15) is 5.56 Å². The summed E-state index contributed by atoms with van der Waals surface area (Å²) < 4.78 is 1.05. The molecule has 0 amide bonds. The zero-order valence-electron chi connectivity index (χ0n) is 7.18. The maximum absolute atomic E-state index is 4.10. The van der Waals surface area contributed by atoms with Crippen molar-refractivity contribution in [2.75, 3.05) is 0 Å². The zero-order valence-corrected chi connectivity index (χ0v) is 8.77. The molecule has 0 saturated heterocycles. The third-order valence-corrected chi connectivity index (χ3v) is 2.14. The van der Waals surface area contributed by atoms with Crippen LogP contribution >= 0.6 is 15.9 Å². The van der Waals surface area contributed by atoms with Crippen molar-refractivity contribution in [1.82, 2.24) is 15.2 Å². The van der Waals surface area contributed by atoms with E-state index in [0.717, 1.165) is 10.0 Å². The second-order valence-electron chi connectivity index (χ2n) is 2.62. The molecule has 2 rings (SSSR count). The molecular formula is C9H7BrN4. The molecule has 5 heteroatoms. The smallest absolute Gasteiger partial charge is 0.244 e. The standard InChI is InChI=1S/C9H7BrN4/c10-8-3-1-7(2-4-8)5-11-9-12-6-13-14-9/h1-6H,(H,12,13,14)/b11-5-. The molecule has 0 aliphatic rings. The highest BCUT2D eigenvalue weighted by Crippen LogP contribution is 2.09. The van der Waals surface area contributed by atoms with E-state index in [9.17, 15) is 0 Å². The lowest BCUT2D eigenvalue weighted by atomic mass is 10.2. The van der Waals surface area contributed by atoms with Crippen LogP contribution in [0.25, 0.3) is 0 Å². The molecule has 2 aromatic rings. The van der Waals surface area contributed by atoms with Crippen LogP contribution in [0.5, 0.6) is 0 Å². The molecule has 0 saturated carbocycles. The number of nitrogens with zero attached hydrogens (tertiary/aromatic N) is 3. The molecule has 1 aromatic heterocycles. The van der Waals surface area contributed by atoms with Gasteiger partial charge in [0.25, 0.3) is 0 Å². The van der Waals surface area contributed by atoms with Gasteiger partial charge in [0.2, 0.25) is 5.95 Å². The van der Waals surface area contributed by atoms with Gasteiger partial charge in [-0.05, 0) is 17.7 Å². The molecule has 0 aliphatic carbocycles. The molecule has 1 aromatic carbocycles. The van der Waals surface area contributed by atoms with Crippen molar-refractivity contribution >= 4 is 28.1 Å². The minimum atomic E-state index is 0.507. The topological polar surface area (TPSA) is 53.9 Å². The summed E-state index contributed by atoms with van der Waals surface area (Å²) >= 11 is 3.36. The number of aromatic nitrogens is 3. The number of hydrogen-bond acceptors (Lipinski definition) is 3. The molecule has 4 nitrogen and oxygen atoms in total. The van der Waals surface area contributed by atoms with E-state index >= 15 is 0 Å². The lowest BCUT2D eigenvalue weighted by molar-refractivity contribution is 1.08. The predicted molar refractivity (Wildman–Crippen MR) is 57.8 cm³/mol. The molecule has 70 valence electrons. The van der Waals surface area contributed by atoms with Crippen molar-refractivity contribution in [1.29, 1.82) is 0 Å². The third kappa shape index (κ3) is 2.26. The van der Waals surface area contributed by atoms with Gasteiger partial charge in [-0.1, -0.05) is 28.1 Å². The molecule has 0 bridgehead atoms. The summed E-state index contributed by atoms with van der Waals surface area (Å²) in [6.45, 7) is 0. The average Bonchev–Trinajstić information content (AvgIpc) is 2.70. The number of nitrogens with one attached hydrogen (secondary N) is 1. The normalized spacial score (nSPS) is 10.9. The van der Waals surface area contributed by atoms with Crippen molar-refractivity contribution < 1.29 is 0 Å². The van der Waals surface area contributed by atoms with Crippen molar-refractivity contribution in [2.45, 2.75) is 0 Å². The minimum Gasteiger partial charge on any atom is -0.244 e. The Morgan fingerprint density at radius 1 is 1.29 bits per heavy atom. The lowest BCUT2D eigenvalue weighted by Crippen LogP contribution is -1.79. The summed E-state index contributed by atoms with van der Waals surface area (Å²) in [7, 11) is 0. The number of rotatable bonds is 2. The van der Waals surface area contributed by atoms with Crippen LogP contribution in [0.3, 0.4) is 0 Å². The van der Waals surface area contributed by atoms with Crippen LogP contribution in [0, 0.1) is 0 Å². The highest BCUT2D eigenvalue weighted by Gasteiger charge is 1.90. The monoisotopic (exact) mass is 250 g/mol. The second kappa shape index (κ2) is 4.15. The van der Waals surface area contributed by atoms with Crippen LogP contribution in [0.2, 0.25) is 0 Å². The lowest BCUT2D eigenvalue weighted by Gasteiger charge is -1.91. The first-order valence-corrected chi connectivity index (χ1v) is 4.79. The number of benzene rings is 1. The third-order valence-electron chi connectivity index (χ3n) is 1.61. The molecule has 0 radical (unpaired) electrons. The Morgan fingerprint density at radius 3 is 2.71 bits per heavy atom. The first-order chi connectivity index (χ1) is 6.84. The highest BCUT2D eigenvalue weighted by atomic mass is 79.9. The van der Waals surface area contributed by atoms with E-state index in [1.54, 1.807) is 6.21 Å². The summed E-state index contributed by atoms with van der Waals surface area (Å²) in [5.74, 6) is 0.507. The number of H-pyrrole nitrogens is 1. The van der Waals surface area contributed by atoms with E-state index in [4.69, 9.17) is 0 Å². The minimum absolute atomic E-state index is 0.507. The van der Waals surface area contributed by atoms with E-state index in [0.29, 0.717) is 5.95 Å². The second-order valence-corrected chi connectivity index (χ2v) is 3.53. The average molecular weight is 251 g/mol. The SMILES string of the molecule is Brc1ccc(/C=N\c2ncn[nH]2)cc1. The Bertz CT molecular complexity index is 419. The molecular weight excluding hydrogens is 244 g/mol. The molecule has 1 heterocycles. The summed E-state index contributed by atoms with van der Waals surface area (Å²) in [5.41, 5.74) is 1.02. The maximum Gasteiger partial charge on any atom is 0.245 e. The Kier molecular flexibility index (Phi) is 2.69. The Hall–Kier alpha value is -1.49. The van der Waals surface area contributed by atoms with Crippen molar-refractivity contribution in [3.05, 3.63) is 40.6 Å². The fourth-order valence-electron chi connectivity index (χ4n) is 0.946. The van der Waals surface area contributed by atoms with Crippen LogP contribution < -0.4 is 0 Å². The van der Waals surface area contributed by atoms with Gasteiger partial charge in [-0.3, -0.25) is 0 Å². The van der Waals surface area contributed by atoms with Gasteiger partial charge >= 0.3 is 0 Å². The molecule has 14 heavy (non-hydrogen) atoms. The van der Waals surface area contributed by atoms with Crippen LogP contribution in [0.15, 0.2) is 40.1 Å². The van der Waals surface area contributed by atoms with Crippen molar-refractivity contribution in [3.8, 4) is 0 Å². The molecule has 0 atom stereocenters.